The van der Waals surface area contributed by atoms with Crippen molar-refractivity contribution < 1.29 is 14.0 Å². The standard InChI is InChI=1S/C18H14FN3O2/c1-18(17(23)21-13-8-6-12(11-20)7-9-13)10-16(22-24-18)14-4-2-3-5-15(14)19/h2-9H,10H2,1H3,(H,21,23)/t18-/m0/s1. The van der Waals surface area contributed by atoms with E-state index in [4.69, 9.17) is 10.1 Å². The number of nitrogens with zero attached hydrogens (tertiary/aromatic N) is 2. The van der Waals surface area contributed by atoms with E-state index in [9.17, 15) is 9.18 Å². The first kappa shape index (κ1) is 15.7. The lowest BCUT2D eigenvalue weighted by Crippen LogP contribution is -2.40. The van der Waals surface area contributed by atoms with E-state index in [-0.39, 0.29) is 12.3 Å². The maximum atomic E-state index is 13.8. The van der Waals surface area contributed by atoms with Crippen LogP contribution in [0.15, 0.2) is 53.7 Å². The Hall–Kier alpha value is -3.20. The molecule has 0 radical (unpaired) electrons. The van der Waals surface area contributed by atoms with Gasteiger partial charge in [-0.2, -0.15) is 5.26 Å². The lowest BCUT2D eigenvalue weighted by molar-refractivity contribution is -0.135. The molecule has 0 fully saturated rings. The predicted octanol–water partition coefficient (Wildman–Crippen LogP) is 3.22. The second-order valence-electron chi connectivity index (χ2n) is 5.66. The minimum atomic E-state index is -1.22. The Labute approximate surface area is 138 Å². The monoisotopic (exact) mass is 323 g/mol. The van der Waals surface area contributed by atoms with Crippen LogP contribution in [0.2, 0.25) is 0 Å². The lowest BCUT2D eigenvalue weighted by Gasteiger charge is -2.20. The molecule has 120 valence electrons. The molecule has 1 aliphatic heterocycles. The molecule has 5 nitrogen and oxygen atoms in total. The van der Waals surface area contributed by atoms with E-state index in [1.807, 2.05) is 6.07 Å². The van der Waals surface area contributed by atoms with Crippen molar-refractivity contribution in [2.24, 2.45) is 5.16 Å². The second kappa shape index (κ2) is 6.13. The molecule has 1 aliphatic rings. The number of hydrogen-bond acceptors (Lipinski definition) is 4. The third kappa shape index (κ3) is 2.97. The van der Waals surface area contributed by atoms with E-state index < -0.39 is 11.4 Å². The van der Waals surface area contributed by atoms with Gasteiger partial charge in [-0.1, -0.05) is 23.4 Å². The van der Waals surface area contributed by atoms with Crippen molar-refractivity contribution in [2.45, 2.75) is 18.9 Å². The van der Waals surface area contributed by atoms with Crippen LogP contribution in [0.5, 0.6) is 0 Å². The van der Waals surface area contributed by atoms with Crippen molar-refractivity contribution in [3.05, 3.63) is 65.5 Å². The second-order valence-corrected chi connectivity index (χ2v) is 5.66. The maximum Gasteiger partial charge on any atom is 0.271 e. The first-order valence-electron chi connectivity index (χ1n) is 7.33. The van der Waals surface area contributed by atoms with Crippen molar-refractivity contribution in [3.63, 3.8) is 0 Å². The summed E-state index contributed by atoms with van der Waals surface area (Å²) in [5.74, 6) is -0.793. The van der Waals surface area contributed by atoms with Gasteiger partial charge in [-0.3, -0.25) is 4.79 Å². The van der Waals surface area contributed by atoms with Gasteiger partial charge in [-0.25, -0.2) is 4.39 Å². The van der Waals surface area contributed by atoms with Gasteiger partial charge in [0, 0.05) is 17.7 Å². The van der Waals surface area contributed by atoms with Crippen molar-refractivity contribution in [1.82, 2.24) is 0 Å². The molecule has 1 amide bonds. The third-order valence-corrected chi connectivity index (χ3v) is 3.80. The highest BCUT2D eigenvalue weighted by molar-refractivity contribution is 6.08. The molecule has 0 saturated carbocycles. The summed E-state index contributed by atoms with van der Waals surface area (Å²) in [6, 6.07) is 14.7. The molecule has 1 N–H and O–H groups in total. The van der Waals surface area contributed by atoms with E-state index in [1.165, 1.54) is 6.07 Å². The third-order valence-electron chi connectivity index (χ3n) is 3.80. The molecule has 6 heteroatoms. The largest absolute Gasteiger partial charge is 0.379 e. The fraction of sp³-hybridized carbons (Fsp3) is 0.167. The molecule has 0 spiro atoms. The quantitative estimate of drug-likeness (QED) is 0.942. The molecule has 0 saturated heterocycles. The number of anilines is 1. The van der Waals surface area contributed by atoms with Crippen LogP contribution < -0.4 is 5.32 Å². The zero-order valence-corrected chi connectivity index (χ0v) is 12.9. The van der Waals surface area contributed by atoms with E-state index in [0.717, 1.165) is 0 Å². The van der Waals surface area contributed by atoms with E-state index >= 15 is 0 Å². The molecule has 1 atom stereocenters. The number of rotatable bonds is 3. The zero-order valence-electron chi connectivity index (χ0n) is 12.9. The molecule has 0 unspecified atom stereocenters. The number of carbonyl (C=O) groups excluding carboxylic acids is 1. The summed E-state index contributed by atoms with van der Waals surface area (Å²) < 4.78 is 13.8. The summed E-state index contributed by atoms with van der Waals surface area (Å²) in [4.78, 5) is 17.8. The van der Waals surface area contributed by atoms with E-state index in [2.05, 4.69) is 10.5 Å². The molecule has 1 heterocycles. The molecule has 2 aromatic rings. The van der Waals surface area contributed by atoms with Gasteiger partial charge in [0.15, 0.2) is 0 Å². The number of amides is 1. The van der Waals surface area contributed by atoms with Crippen LogP contribution in [-0.2, 0) is 9.63 Å². The highest BCUT2D eigenvalue weighted by Crippen LogP contribution is 2.29. The van der Waals surface area contributed by atoms with Gasteiger partial charge >= 0.3 is 0 Å². The van der Waals surface area contributed by atoms with Gasteiger partial charge in [0.2, 0.25) is 5.60 Å². The summed E-state index contributed by atoms with van der Waals surface area (Å²) in [6.45, 7) is 1.60. The Balaban J connectivity index is 1.72. The Morgan fingerprint density at radius 2 is 2.00 bits per heavy atom. The summed E-state index contributed by atoms with van der Waals surface area (Å²) in [7, 11) is 0. The number of hydrogen-bond donors (Lipinski definition) is 1. The molecule has 3 rings (SSSR count). The zero-order chi connectivity index (χ0) is 17.2. The van der Waals surface area contributed by atoms with Crippen LogP contribution in [0.4, 0.5) is 10.1 Å². The molecular weight excluding hydrogens is 309 g/mol. The van der Waals surface area contributed by atoms with E-state index in [0.29, 0.717) is 22.5 Å². The SMILES string of the molecule is C[C@@]1(C(=O)Nc2ccc(C#N)cc2)CC(c2ccccc2F)=NO1. The first-order valence-corrected chi connectivity index (χ1v) is 7.33. The van der Waals surface area contributed by atoms with Gasteiger partial charge in [-0.05, 0) is 37.3 Å². The Morgan fingerprint density at radius 3 is 2.67 bits per heavy atom. The minimum absolute atomic E-state index is 0.163. The van der Waals surface area contributed by atoms with Crippen molar-refractivity contribution >= 4 is 17.3 Å². The Kier molecular flexibility index (Phi) is 4.00. The van der Waals surface area contributed by atoms with Crippen molar-refractivity contribution in [1.29, 1.82) is 5.26 Å². The minimum Gasteiger partial charge on any atom is -0.379 e. The molecule has 0 bridgehead atoms. The number of halogens is 1. The fourth-order valence-corrected chi connectivity index (χ4v) is 2.39. The summed E-state index contributed by atoms with van der Waals surface area (Å²) >= 11 is 0. The smallest absolute Gasteiger partial charge is 0.271 e. The van der Waals surface area contributed by atoms with Gasteiger partial charge < -0.3 is 10.2 Å². The normalized spacial score (nSPS) is 19.1. The molecule has 0 aliphatic carbocycles. The van der Waals surface area contributed by atoms with Gasteiger partial charge in [0.05, 0.1) is 17.3 Å². The number of nitrogens with one attached hydrogen (secondary N) is 1. The van der Waals surface area contributed by atoms with Gasteiger partial charge in [-0.15, -0.1) is 0 Å². The average molecular weight is 323 g/mol. The predicted molar refractivity (Wildman–Crippen MR) is 86.8 cm³/mol. The van der Waals surface area contributed by atoms with Crippen LogP contribution in [0, 0.1) is 17.1 Å². The van der Waals surface area contributed by atoms with Crippen LogP contribution in [0.25, 0.3) is 0 Å². The topological polar surface area (TPSA) is 74.5 Å². The van der Waals surface area contributed by atoms with Crippen molar-refractivity contribution in [2.75, 3.05) is 5.32 Å². The maximum absolute atomic E-state index is 13.8. The van der Waals surface area contributed by atoms with Crippen LogP contribution in [-0.4, -0.2) is 17.2 Å². The molecule has 2 aromatic carbocycles. The van der Waals surface area contributed by atoms with Crippen LogP contribution >= 0.6 is 0 Å². The van der Waals surface area contributed by atoms with Crippen molar-refractivity contribution in [3.8, 4) is 6.07 Å². The molecule has 0 aromatic heterocycles. The number of oxime groups is 1. The van der Waals surface area contributed by atoms with Crippen LogP contribution in [0.3, 0.4) is 0 Å². The lowest BCUT2D eigenvalue weighted by atomic mass is 9.95. The fourth-order valence-electron chi connectivity index (χ4n) is 2.39. The average Bonchev–Trinajstić information content (AvgIpc) is 2.99. The molecule has 24 heavy (non-hydrogen) atoms. The Bertz CT molecular complexity index is 855. The van der Waals surface area contributed by atoms with Gasteiger partial charge in [0.1, 0.15) is 5.82 Å². The van der Waals surface area contributed by atoms with Gasteiger partial charge in [0.25, 0.3) is 5.91 Å². The highest BCUT2D eigenvalue weighted by Gasteiger charge is 2.42. The van der Waals surface area contributed by atoms with E-state index in [1.54, 1.807) is 49.4 Å². The summed E-state index contributed by atoms with van der Waals surface area (Å²) in [5.41, 5.74) is 0.550. The summed E-state index contributed by atoms with van der Waals surface area (Å²) in [6.07, 6.45) is 0.163. The first-order chi connectivity index (χ1) is 11.5. The number of carbonyl (C=O) groups is 1. The number of nitriles is 1. The van der Waals surface area contributed by atoms with Crippen LogP contribution in [0.1, 0.15) is 24.5 Å². The molecular formula is C18H14FN3O2. The summed E-state index contributed by atoms with van der Waals surface area (Å²) in [5, 5.41) is 15.4. The number of benzene rings is 2. The Morgan fingerprint density at radius 1 is 1.29 bits per heavy atom. The highest BCUT2D eigenvalue weighted by atomic mass is 19.1.